The summed E-state index contributed by atoms with van der Waals surface area (Å²) >= 11 is 0. The van der Waals surface area contributed by atoms with Crippen molar-refractivity contribution in [1.82, 2.24) is 0 Å². The van der Waals surface area contributed by atoms with Gasteiger partial charge in [0.25, 0.3) is 0 Å². The molecular weight excluding hydrogens is 172 g/mol. The molecule has 0 saturated carbocycles. The lowest BCUT2D eigenvalue weighted by Gasteiger charge is -2.07. The lowest BCUT2D eigenvalue weighted by atomic mass is 9.99. The molecule has 0 aromatic carbocycles. The first kappa shape index (κ1) is 13.2. The third-order valence-corrected chi connectivity index (χ3v) is 2.30. The molecular formula is C13H22O. The molecule has 0 bridgehead atoms. The number of allylic oxidation sites excluding steroid dienone is 3. The molecule has 0 saturated heterocycles. The third-order valence-electron chi connectivity index (χ3n) is 2.30. The zero-order chi connectivity index (χ0) is 10.8. The van der Waals surface area contributed by atoms with E-state index in [4.69, 9.17) is 0 Å². The van der Waals surface area contributed by atoms with Gasteiger partial charge in [0.2, 0.25) is 0 Å². The molecule has 1 unspecified atom stereocenters. The van der Waals surface area contributed by atoms with Crippen LogP contribution in [0.15, 0.2) is 24.8 Å². The molecule has 0 fully saturated rings. The van der Waals surface area contributed by atoms with Gasteiger partial charge in [0.1, 0.15) is 5.78 Å². The summed E-state index contributed by atoms with van der Waals surface area (Å²) < 4.78 is 0. The Morgan fingerprint density at radius 3 is 2.79 bits per heavy atom. The number of hydrogen-bond acceptors (Lipinski definition) is 1. The smallest absolute Gasteiger partial charge is 0.136 e. The lowest BCUT2D eigenvalue weighted by Crippen LogP contribution is -1.98. The van der Waals surface area contributed by atoms with Crippen LogP contribution in [0.2, 0.25) is 0 Å². The fraction of sp³-hybridized carbons (Fsp3) is 0.615. The number of rotatable bonds is 8. The van der Waals surface area contributed by atoms with Crippen molar-refractivity contribution < 1.29 is 4.79 Å². The highest BCUT2D eigenvalue weighted by molar-refractivity contribution is 5.79. The summed E-state index contributed by atoms with van der Waals surface area (Å²) in [7, 11) is 0. The maximum Gasteiger partial charge on any atom is 0.136 e. The number of hydrogen-bond donors (Lipinski definition) is 0. The van der Waals surface area contributed by atoms with Crippen LogP contribution in [0.5, 0.6) is 0 Å². The highest BCUT2D eigenvalue weighted by Gasteiger charge is 2.02. The Morgan fingerprint density at radius 2 is 2.21 bits per heavy atom. The molecule has 0 rings (SSSR count). The highest BCUT2D eigenvalue weighted by atomic mass is 16.1. The first-order chi connectivity index (χ1) is 6.70. The van der Waals surface area contributed by atoms with Crippen molar-refractivity contribution in [1.29, 1.82) is 0 Å². The van der Waals surface area contributed by atoms with Crippen LogP contribution in [0, 0.1) is 5.92 Å². The molecule has 80 valence electrons. The van der Waals surface area contributed by atoms with Crippen LogP contribution in [0.4, 0.5) is 0 Å². The van der Waals surface area contributed by atoms with Gasteiger partial charge in [0, 0.05) is 12.8 Å². The molecule has 0 aliphatic carbocycles. The van der Waals surface area contributed by atoms with Gasteiger partial charge in [-0.25, -0.2) is 0 Å². The fourth-order valence-electron chi connectivity index (χ4n) is 1.40. The van der Waals surface area contributed by atoms with Gasteiger partial charge in [0.15, 0.2) is 0 Å². The predicted molar refractivity (Wildman–Crippen MR) is 62.3 cm³/mol. The summed E-state index contributed by atoms with van der Waals surface area (Å²) in [5.41, 5.74) is 0. The zero-order valence-corrected chi connectivity index (χ0v) is 9.46. The van der Waals surface area contributed by atoms with E-state index in [9.17, 15) is 4.79 Å². The van der Waals surface area contributed by atoms with Gasteiger partial charge in [-0.15, -0.1) is 6.58 Å². The second-order valence-corrected chi connectivity index (χ2v) is 3.83. The molecule has 0 amide bonds. The molecule has 0 aliphatic heterocycles. The van der Waals surface area contributed by atoms with Crippen molar-refractivity contribution >= 4 is 5.78 Å². The Morgan fingerprint density at radius 1 is 1.50 bits per heavy atom. The minimum Gasteiger partial charge on any atom is -0.299 e. The largest absolute Gasteiger partial charge is 0.299 e. The molecule has 0 aromatic heterocycles. The zero-order valence-electron chi connectivity index (χ0n) is 9.46. The first-order valence-corrected chi connectivity index (χ1v) is 5.44. The average Bonchev–Trinajstić information content (AvgIpc) is 2.15. The lowest BCUT2D eigenvalue weighted by molar-refractivity contribution is -0.118. The molecule has 14 heavy (non-hydrogen) atoms. The van der Waals surface area contributed by atoms with Gasteiger partial charge in [-0.1, -0.05) is 25.2 Å². The summed E-state index contributed by atoms with van der Waals surface area (Å²) in [4.78, 5) is 11.2. The fourth-order valence-corrected chi connectivity index (χ4v) is 1.40. The van der Waals surface area contributed by atoms with Crippen LogP contribution < -0.4 is 0 Å². The summed E-state index contributed by atoms with van der Waals surface area (Å²) in [6, 6.07) is 0. The van der Waals surface area contributed by atoms with E-state index in [1.807, 2.05) is 6.92 Å². The molecule has 0 heterocycles. The van der Waals surface area contributed by atoms with Crippen molar-refractivity contribution in [2.75, 3.05) is 0 Å². The number of carbonyl (C=O) groups excluding carboxylic acids is 1. The van der Waals surface area contributed by atoms with Gasteiger partial charge in [0.05, 0.1) is 0 Å². The van der Waals surface area contributed by atoms with Crippen LogP contribution in [0.25, 0.3) is 0 Å². The maximum atomic E-state index is 11.2. The SMILES string of the molecule is C=CCC(=O)CCCC(C)CC=CC. The maximum absolute atomic E-state index is 11.2. The molecule has 0 aliphatic rings. The second-order valence-electron chi connectivity index (χ2n) is 3.83. The average molecular weight is 194 g/mol. The Hall–Kier alpha value is -0.850. The van der Waals surface area contributed by atoms with Crippen LogP contribution in [-0.4, -0.2) is 5.78 Å². The highest BCUT2D eigenvalue weighted by Crippen LogP contribution is 2.13. The minimum atomic E-state index is 0.318. The second kappa shape index (κ2) is 8.74. The van der Waals surface area contributed by atoms with Gasteiger partial charge in [-0.3, -0.25) is 4.79 Å². The summed E-state index contributed by atoms with van der Waals surface area (Å²) in [5, 5.41) is 0. The molecule has 0 N–H and O–H groups in total. The summed E-state index contributed by atoms with van der Waals surface area (Å²) in [6.45, 7) is 7.83. The quantitative estimate of drug-likeness (QED) is 0.535. The number of Topliss-reactive ketones (excluding diaryl/α,β-unsaturated/α-hetero) is 1. The minimum absolute atomic E-state index is 0.318. The van der Waals surface area contributed by atoms with Crippen LogP contribution in [0.3, 0.4) is 0 Å². The number of carbonyl (C=O) groups is 1. The van der Waals surface area contributed by atoms with Crippen molar-refractivity contribution in [2.45, 2.75) is 46.0 Å². The van der Waals surface area contributed by atoms with E-state index in [-0.39, 0.29) is 0 Å². The molecule has 1 nitrogen and oxygen atoms in total. The van der Waals surface area contributed by atoms with Crippen LogP contribution in [-0.2, 0) is 4.79 Å². The molecule has 1 atom stereocenters. The molecule has 0 aromatic rings. The molecule has 1 heteroatoms. The Kier molecular flexibility index (Phi) is 8.20. The van der Waals surface area contributed by atoms with E-state index < -0.39 is 0 Å². The van der Waals surface area contributed by atoms with Crippen molar-refractivity contribution in [3.05, 3.63) is 24.8 Å². The van der Waals surface area contributed by atoms with Gasteiger partial charge in [-0.05, 0) is 32.1 Å². The van der Waals surface area contributed by atoms with E-state index in [0.717, 1.165) is 19.3 Å². The van der Waals surface area contributed by atoms with Gasteiger partial charge >= 0.3 is 0 Å². The van der Waals surface area contributed by atoms with Crippen LogP contribution in [0.1, 0.15) is 46.0 Å². The molecule has 0 radical (unpaired) electrons. The van der Waals surface area contributed by atoms with E-state index in [1.165, 1.54) is 0 Å². The number of ketones is 1. The van der Waals surface area contributed by atoms with E-state index >= 15 is 0 Å². The van der Waals surface area contributed by atoms with E-state index in [2.05, 4.69) is 25.7 Å². The Balaban J connectivity index is 3.43. The normalized spacial score (nSPS) is 13.0. The standard InChI is InChI=1S/C13H22O/c1-4-6-9-12(3)10-7-11-13(14)8-5-2/h4-6,12H,2,7-11H2,1,3H3. The van der Waals surface area contributed by atoms with Crippen LogP contribution >= 0.6 is 0 Å². The summed E-state index contributed by atoms with van der Waals surface area (Å²) in [6.07, 6.45) is 10.5. The molecule has 0 spiro atoms. The topological polar surface area (TPSA) is 17.1 Å². The van der Waals surface area contributed by atoms with Gasteiger partial charge in [-0.2, -0.15) is 0 Å². The Labute approximate surface area is 87.9 Å². The monoisotopic (exact) mass is 194 g/mol. The van der Waals surface area contributed by atoms with Crippen molar-refractivity contribution in [2.24, 2.45) is 5.92 Å². The third kappa shape index (κ3) is 7.78. The van der Waals surface area contributed by atoms with E-state index in [0.29, 0.717) is 24.5 Å². The van der Waals surface area contributed by atoms with E-state index in [1.54, 1.807) is 6.08 Å². The first-order valence-electron chi connectivity index (χ1n) is 5.44. The van der Waals surface area contributed by atoms with Gasteiger partial charge < -0.3 is 0 Å². The van der Waals surface area contributed by atoms with Crippen molar-refractivity contribution in [3.8, 4) is 0 Å². The summed E-state index contributed by atoms with van der Waals surface area (Å²) in [5.74, 6) is 1.01. The van der Waals surface area contributed by atoms with Crippen molar-refractivity contribution in [3.63, 3.8) is 0 Å². The Bertz CT molecular complexity index is 191. The predicted octanol–water partition coefficient (Wildman–Crippen LogP) is 3.90.